The predicted octanol–water partition coefficient (Wildman–Crippen LogP) is 4.11. The number of hydrogen-bond acceptors (Lipinski definition) is 4. The molecule has 0 aliphatic carbocycles. The van der Waals surface area contributed by atoms with Crippen LogP contribution in [0.15, 0.2) is 54.7 Å². The number of rotatable bonds is 9. The summed E-state index contributed by atoms with van der Waals surface area (Å²) in [5, 5.41) is 5.13. The second-order valence-corrected chi connectivity index (χ2v) is 7.78. The maximum atomic E-state index is 13.5. The molecule has 1 amide bonds. The van der Waals surface area contributed by atoms with Crippen LogP contribution in [0.5, 0.6) is 5.75 Å². The molecule has 0 unspecified atom stereocenters. The third-order valence-electron chi connectivity index (χ3n) is 4.62. The van der Waals surface area contributed by atoms with Gasteiger partial charge in [0.2, 0.25) is 0 Å². The van der Waals surface area contributed by atoms with Crippen molar-refractivity contribution in [3.8, 4) is 5.75 Å². The number of likely N-dealkylation sites (N-methyl/N-ethyl adjacent to an activating group) is 1. The molecule has 1 heterocycles. The molecule has 0 aliphatic rings. The Morgan fingerprint density at radius 1 is 1.17 bits per heavy atom. The fourth-order valence-corrected chi connectivity index (χ4v) is 3.49. The number of amides is 1. The first-order valence-electron chi connectivity index (χ1n) is 9.50. The maximum absolute atomic E-state index is 13.5. The lowest BCUT2D eigenvalue weighted by molar-refractivity contribution is 0.0947. The molecule has 7 heteroatoms. The summed E-state index contributed by atoms with van der Waals surface area (Å²) < 4.78 is 20.1. The number of carbonyl (C=O) groups excluding carboxylic acids is 1. The minimum absolute atomic E-state index is 0.0878. The topological polar surface area (TPSA) is 54.5 Å². The van der Waals surface area contributed by atoms with Gasteiger partial charge in [0, 0.05) is 35.0 Å². The van der Waals surface area contributed by atoms with Gasteiger partial charge in [-0.3, -0.25) is 9.69 Å². The summed E-state index contributed by atoms with van der Waals surface area (Å²) in [6.45, 7) is 5.05. The van der Waals surface area contributed by atoms with E-state index in [1.54, 1.807) is 12.1 Å². The highest BCUT2D eigenvalue weighted by Crippen LogP contribution is 2.19. The summed E-state index contributed by atoms with van der Waals surface area (Å²) >= 11 is 2.28. The highest BCUT2D eigenvalue weighted by Gasteiger charge is 2.09. The van der Waals surface area contributed by atoms with Crippen LogP contribution >= 0.6 is 22.6 Å². The van der Waals surface area contributed by atoms with Gasteiger partial charge < -0.3 is 10.1 Å². The molecular formula is C22H23FIN3O2. The summed E-state index contributed by atoms with van der Waals surface area (Å²) in [5.41, 5.74) is 0.650. The van der Waals surface area contributed by atoms with Gasteiger partial charge in [0.1, 0.15) is 6.61 Å². The van der Waals surface area contributed by atoms with E-state index in [4.69, 9.17) is 4.74 Å². The van der Waals surface area contributed by atoms with Crippen LogP contribution in [0.2, 0.25) is 0 Å². The van der Waals surface area contributed by atoms with E-state index in [1.807, 2.05) is 37.3 Å². The summed E-state index contributed by atoms with van der Waals surface area (Å²) in [6, 6.07) is 15.1. The Balaban J connectivity index is 1.45. The summed E-state index contributed by atoms with van der Waals surface area (Å²) in [6.07, 6.45) is 1.39. The van der Waals surface area contributed by atoms with Gasteiger partial charge in [0.25, 0.3) is 11.9 Å². The van der Waals surface area contributed by atoms with Crippen molar-refractivity contribution in [1.29, 1.82) is 0 Å². The Morgan fingerprint density at radius 2 is 1.97 bits per heavy atom. The molecule has 1 N–H and O–H groups in total. The zero-order valence-electron chi connectivity index (χ0n) is 16.2. The smallest absolute Gasteiger partial charge is 0.255 e. The van der Waals surface area contributed by atoms with E-state index in [9.17, 15) is 9.18 Å². The Bertz CT molecular complexity index is 983. The van der Waals surface area contributed by atoms with Gasteiger partial charge in [-0.05, 0) is 76.3 Å². The van der Waals surface area contributed by atoms with Gasteiger partial charge in [-0.1, -0.05) is 19.1 Å². The lowest BCUT2D eigenvalue weighted by Gasteiger charge is -2.20. The molecule has 29 heavy (non-hydrogen) atoms. The second kappa shape index (κ2) is 10.5. The fourth-order valence-electron chi connectivity index (χ4n) is 2.98. The molecule has 0 spiro atoms. The third kappa shape index (κ3) is 6.11. The Hall–Kier alpha value is -2.26. The molecule has 2 aromatic carbocycles. The molecule has 0 radical (unpaired) electrons. The van der Waals surface area contributed by atoms with Crippen LogP contribution in [-0.2, 0) is 0 Å². The van der Waals surface area contributed by atoms with Crippen molar-refractivity contribution in [1.82, 2.24) is 15.2 Å². The highest BCUT2D eigenvalue weighted by atomic mass is 127. The molecule has 1 aromatic heterocycles. The van der Waals surface area contributed by atoms with Crippen LogP contribution in [0, 0.1) is 9.52 Å². The number of pyridine rings is 1. The van der Waals surface area contributed by atoms with E-state index in [0.717, 1.165) is 17.3 Å². The summed E-state index contributed by atoms with van der Waals surface area (Å²) in [5.74, 6) is -0.536. The second-order valence-electron chi connectivity index (χ2n) is 6.54. The monoisotopic (exact) mass is 507 g/mol. The number of ether oxygens (including phenoxy) is 1. The zero-order chi connectivity index (χ0) is 20.6. The average Bonchev–Trinajstić information content (AvgIpc) is 2.73. The van der Waals surface area contributed by atoms with Gasteiger partial charge in [0.15, 0.2) is 5.75 Å². The van der Waals surface area contributed by atoms with Crippen molar-refractivity contribution in [3.05, 3.63) is 69.8 Å². The largest absolute Gasteiger partial charge is 0.487 e. The van der Waals surface area contributed by atoms with E-state index in [0.29, 0.717) is 31.8 Å². The molecule has 3 aromatic rings. The van der Waals surface area contributed by atoms with Crippen LogP contribution in [0.1, 0.15) is 17.3 Å². The normalized spacial score (nSPS) is 11.0. The van der Waals surface area contributed by atoms with Crippen LogP contribution in [-0.4, -0.2) is 48.6 Å². The molecule has 3 rings (SSSR count). The number of halogens is 2. The first kappa shape index (κ1) is 21.4. The number of fused-ring (bicyclic) bond motifs is 1. The number of nitrogens with zero attached hydrogens (tertiary/aromatic N) is 2. The van der Waals surface area contributed by atoms with Crippen molar-refractivity contribution < 1.29 is 13.9 Å². The van der Waals surface area contributed by atoms with Crippen molar-refractivity contribution in [2.75, 3.05) is 32.8 Å². The molecule has 0 fully saturated rings. The van der Waals surface area contributed by atoms with Gasteiger partial charge in [0.05, 0.1) is 0 Å². The Kier molecular flexibility index (Phi) is 7.76. The lowest BCUT2D eigenvalue weighted by atomic mass is 10.1. The Labute approximate surface area is 183 Å². The van der Waals surface area contributed by atoms with Crippen molar-refractivity contribution in [2.24, 2.45) is 0 Å². The molecular weight excluding hydrogens is 484 g/mol. The third-order valence-corrected chi connectivity index (χ3v) is 5.29. The average molecular weight is 507 g/mol. The van der Waals surface area contributed by atoms with E-state index in [1.165, 1.54) is 9.77 Å². The molecule has 5 nitrogen and oxygen atoms in total. The van der Waals surface area contributed by atoms with E-state index in [-0.39, 0.29) is 11.7 Å². The number of hydrogen-bond donors (Lipinski definition) is 1. The molecule has 0 bridgehead atoms. The molecule has 0 atom stereocenters. The molecule has 0 aliphatic heterocycles. The minimum atomic E-state index is -0.604. The van der Waals surface area contributed by atoms with Crippen LogP contribution in [0.3, 0.4) is 0 Å². The Morgan fingerprint density at radius 3 is 2.76 bits per heavy atom. The first-order valence-corrected chi connectivity index (χ1v) is 10.6. The molecule has 0 saturated carbocycles. The first-order chi connectivity index (χ1) is 14.1. The number of nitrogens with one attached hydrogen (secondary N) is 1. The number of benzene rings is 2. The highest BCUT2D eigenvalue weighted by molar-refractivity contribution is 14.1. The van der Waals surface area contributed by atoms with Crippen molar-refractivity contribution >= 4 is 39.3 Å². The fraction of sp³-hybridized carbons (Fsp3) is 0.273. The summed E-state index contributed by atoms with van der Waals surface area (Å²) in [7, 11) is 0. The predicted molar refractivity (Wildman–Crippen MR) is 121 cm³/mol. The summed E-state index contributed by atoms with van der Waals surface area (Å²) in [4.78, 5) is 18.2. The van der Waals surface area contributed by atoms with Gasteiger partial charge in [-0.2, -0.15) is 4.39 Å². The molecule has 0 saturated heterocycles. The molecule has 152 valence electrons. The van der Waals surface area contributed by atoms with Crippen molar-refractivity contribution in [3.63, 3.8) is 0 Å². The van der Waals surface area contributed by atoms with Crippen LogP contribution < -0.4 is 10.1 Å². The lowest BCUT2D eigenvalue weighted by Crippen LogP contribution is -2.37. The van der Waals surface area contributed by atoms with Crippen molar-refractivity contribution in [2.45, 2.75) is 6.92 Å². The van der Waals surface area contributed by atoms with Crippen LogP contribution in [0.25, 0.3) is 10.8 Å². The SMILES string of the molecule is CCN(CCNC(=O)c1ccc2cc(I)ccc2c1)CCOc1cccnc1F. The van der Waals surface area contributed by atoms with Gasteiger partial charge in [-0.15, -0.1) is 0 Å². The zero-order valence-corrected chi connectivity index (χ0v) is 18.4. The maximum Gasteiger partial charge on any atom is 0.255 e. The standard InChI is InChI=1S/C22H23FIN3O2/c1-2-27(12-13-29-20-4-3-9-25-21(20)23)11-10-26-22(28)18-6-5-17-15-19(24)8-7-16(17)14-18/h3-9,14-15H,2,10-13H2,1H3,(H,26,28). The van der Waals surface area contributed by atoms with Gasteiger partial charge >= 0.3 is 0 Å². The number of carbonyl (C=O) groups is 1. The van der Waals surface area contributed by atoms with Gasteiger partial charge in [-0.25, -0.2) is 4.98 Å². The van der Waals surface area contributed by atoms with E-state index >= 15 is 0 Å². The quantitative estimate of drug-likeness (QED) is 0.350. The minimum Gasteiger partial charge on any atom is -0.487 e. The number of aromatic nitrogens is 1. The van der Waals surface area contributed by atoms with E-state index in [2.05, 4.69) is 43.9 Å². The van der Waals surface area contributed by atoms with E-state index < -0.39 is 5.95 Å². The van der Waals surface area contributed by atoms with Crippen LogP contribution in [0.4, 0.5) is 4.39 Å².